The quantitative estimate of drug-likeness (QED) is 0.0952. The number of fused-ring (bicyclic) bond motifs is 1. The first-order valence-corrected chi connectivity index (χ1v) is 20.0. The monoisotopic (exact) mass is 824 g/mol. The molecular formula is C56H38F6. The number of halogens is 6. The van der Waals surface area contributed by atoms with Crippen LogP contribution in [0, 0.1) is 0 Å². The Hall–Kier alpha value is -7.44. The lowest BCUT2D eigenvalue weighted by atomic mass is 9.94. The number of hydrogen-bond acceptors (Lipinski definition) is 0. The first-order valence-electron chi connectivity index (χ1n) is 20.0. The Bertz CT molecular complexity index is 2700. The first-order chi connectivity index (χ1) is 30.0. The zero-order chi connectivity index (χ0) is 43.1. The van der Waals surface area contributed by atoms with Crippen molar-refractivity contribution in [3.63, 3.8) is 0 Å². The molecule has 8 aromatic carbocycles. The van der Waals surface area contributed by atoms with Gasteiger partial charge in [0.1, 0.15) is 0 Å². The van der Waals surface area contributed by atoms with Crippen molar-refractivity contribution in [1.82, 2.24) is 0 Å². The van der Waals surface area contributed by atoms with Crippen LogP contribution >= 0.6 is 0 Å². The molecule has 304 valence electrons. The molecule has 0 heterocycles. The molecule has 0 unspecified atom stereocenters. The van der Waals surface area contributed by atoms with E-state index in [1.807, 2.05) is 133 Å². The summed E-state index contributed by atoms with van der Waals surface area (Å²) in [5, 5.41) is 2.21. The maximum absolute atomic E-state index is 13.3. The second kappa shape index (κ2) is 18.0. The molecule has 0 amide bonds. The van der Waals surface area contributed by atoms with Crippen molar-refractivity contribution in [2.45, 2.75) is 12.4 Å². The molecule has 0 nitrogen and oxygen atoms in total. The van der Waals surface area contributed by atoms with E-state index in [0.717, 1.165) is 90.7 Å². The van der Waals surface area contributed by atoms with Crippen LogP contribution < -0.4 is 0 Å². The van der Waals surface area contributed by atoms with E-state index in [9.17, 15) is 26.3 Å². The van der Waals surface area contributed by atoms with Gasteiger partial charge < -0.3 is 0 Å². The van der Waals surface area contributed by atoms with Crippen LogP contribution in [0.1, 0.15) is 66.8 Å². The number of rotatable bonds is 10. The molecule has 0 radical (unpaired) electrons. The SMILES string of the molecule is FC(F)(F)c1ccc(/C(=C\c2ccc(/C=C\c3cccc4cccc(/C=C\c5ccc(/C=C(/c6ccccc6)c6ccc(C(F)(F)F)cc6)cc5)c34)cc2)c2ccccc2)cc1. The van der Waals surface area contributed by atoms with Gasteiger partial charge in [-0.25, -0.2) is 0 Å². The minimum Gasteiger partial charge on any atom is -0.166 e. The van der Waals surface area contributed by atoms with Gasteiger partial charge >= 0.3 is 12.4 Å². The highest BCUT2D eigenvalue weighted by Crippen LogP contribution is 2.34. The molecule has 8 aromatic rings. The van der Waals surface area contributed by atoms with Gasteiger partial charge in [0.25, 0.3) is 0 Å². The standard InChI is InChI=1S/C56H38F6/c57-55(58,59)50-33-29-45(30-34-50)52(43-9-3-1-4-10-43)37-41-21-17-39(18-22-41)25-27-48-15-7-13-47-14-8-16-49(54(47)48)28-26-40-19-23-42(24-20-40)38-53(44-11-5-2-6-12-44)46-31-35-51(36-32-46)56(60,61)62/h1-38H/b27-25-,28-26-,52-37-,53-38-. The normalized spacial score (nSPS) is 12.7. The molecule has 0 atom stereocenters. The van der Waals surface area contributed by atoms with Crippen molar-refractivity contribution >= 4 is 58.4 Å². The molecule has 0 fully saturated rings. The van der Waals surface area contributed by atoms with Crippen LogP contribution in [0.5, 0.6) is 0 Å². The predicted molar refractivity (Wildman–Crippen MR) is 244 cm³/mol. The van der Waals surface area contributed by atoms with Gasteiger partial charge in [-0.15, -0.1) is 0 Å². The smallest absolute Gasteiger partial charge is 0.166 e. The largest absolute Gasteiger partial charge is 0.416 e. The molecule has 0 aromatic heterocycles. The van der Waals surface area contributed by atoms with E-state index in [-0.39, 0.29) is 0 Å². The van der Waals surface area contributed by atoms with Crippen LogP contribution in [0.4, 0.5) is 26.3 Å². The molecule has 0 saturated heterocycles. The third-order valence-corrected chi connectivity index (χ3v) is 10.6. The topological polar surface area (TPSA) is 0 Å². The van der Waals surface area contributed by atoms with Crippen molar-refractivity contribution in [3.05, 3.63) is 261 Å². The zero-order valence-electron chi connectivity index (χ0n) is 33.2. The second-order valence-corrected chi connectivity index (χ2v) is 14.8. The minimum atomic E-state index is -4.41. The molecule has 8 rings (SSSR count). The summed E-state index contributed by atoms with van der Waals surface area (Å²) in [5.74, 6) is 0. The van der Waals surface area contributed by atoms with E-state index in [0.29, 0.717) is 11.1 Å². The van der Waals surface area contributed by atoms with Crippen LogP contribution in [-0.4, -0.2) is 0 Å². The Morgan fingerprint density at radius 3 is 1.00 bits per heavy atom. The average molecular weight is 825 g/mol. The highest BCUT2D eigenvalue weighted by molar-refractivity contribution is 6.00. The van der Waals surface area contributed by atoms with Crippen LogP contribution in [0.2, 0.25) is 0 Å². The number of benzene rings is 8. The summed E-state index contributed by atoms with van der Waals surface area (Å²) in [6.07, 6.45) is 3.51. The third-order valence-electron chi connectivity index (χ3n) is 10.6. The maximum atomic E-state index is 13.3. The lowest BCUT2D eigenvalue weighted by Crippen LogP contribution is -2.04. The number of alkyl halides is 6. The van der Waals surface area contributed by atoms with Gasteiger partial charge in [0.2, 0.25) is 0 Å². The molecule has 0 N–H and O–H groups in total. The van der Waals surface area contributed by atoms with Crippen LogP contribution in [-0.2, 0) is 12.4 Å². The van der Waals surface area contributed by atoms with E-state index in [2.05, 4.69) is 48.6 Å². The highest BCUT2D eigenvalue weighted by Gasteiger charge is 2.31. The Labute approximate surface area is 356 Å². The van der Waals surface area contributed by atoms with Gasteiger partial charge in [-0.1, -0.05) is 194 Å². The average Bonchev–Trinajstić information content (AvgIpc) is 3.29. The fourth-order valence-corrected chi connectivity index (χ4v) is 7.37. The van der Waals surface area contributed by atoms with Crippen molar-refractivity contribution < 1.29 is 26.3 Å². The molecule has 0 saturated carbocycles. The summed E-state index contributed by atoms with van der Waals surface area (Å²) in [4.78, 5) is 0. The summed E-state index contributed by atoms with van der Waals surface area (Å²) in [6, 6.07) is 58.3. The maximum Gasteiger partial charge on any atom is 0.416 e. The Kier molecular flexibility index (Phi) is 12.0. The van der Waals surface area contributed by atoms with E-state index in [1.165, 1.54) is 24.3 Å². The van der Waals surface area contributed by atoms with Gasteiger partial charge in [0.15, 0.2) is 0 Å². The molecular weight excluding hydrogens is 787 g/mol. The molecule has 0 aliphatic heterocycles. The minimum absolute atomic E-state index is 0.684. The summed E-state index contributed by atoms with van der Waals surface area (Å²) >= 11 is 0. The molecule has 0 aliphatic rings. The zero-order valence-corrected chi connectivity index (χ0v) is 33.2. The summed E-state index contributed by atoms with van der Waals surface area (Å²) in [5.41, 5.74) is 9.38. The van der Waals surface area contributed by atoms with E-state index < -0.39 is 23.5 Å². The van der Waals surface area contributed by atoms with E-state index in [1.54, 1.807) is 0 Å². The third kappa shape index (κ3) is 9.94. The van der Waals surface area contributed by atoms with E-state index >= 15 is 0 Å². The van der Waals surface area contributed by atoms with Crippen molar-refractivity contribution in [2.24, 2.45) is 0 Å². The summed E-state index contributed by atoms with van der Waals surface area (Å²) in [7, 11) is 0. The Morgan fingerprint density at radius 1 is 0.306 bits per heavy atom. The Balaban J connectivity index is 1.03. The van der Waals surface area contributed by atoms with E-state index in [4.69, 9.17) is 0 Å². The van der Waals surface area contributed by atoms with Gasteiger partial charge in [-0.3, -0.25) is 0 Å². The summed E-state index contributed by atoms with van der Waals surface area (Å²) in [6.45, 7) is 0. The van der Waals surface area contributed by atoms with Crippen molar-refractivity contribution in [3.8, 4) is 0 Å². The van der Waals surface area contributed by atoms with Gasteiger partial charge in [-0.05, 0) is 114 Å². The molecule has 6 heteroatoms. The van der Waals surface area contributed by atoms with Crippen LogP contribution in [0.25, 0.3) is 58.4 Å². The van der Waals surface area contributed by atoms with Crippen molar-refractivity contribution in [2.75, 3.05) is 0 Å². The lowest BCUT2D eigenvalue weighted by Gasteiger charge is -2.12. The van der Waals surface area contributed by atoms with Gasteiger partial charge in [0, 0.05) is 0 Å². The molecule has 0 aliphatic carbocycles. The molecule has 0 spiro atoms. The van der Waals surface area contributed by atoms with Gasteiger partial charge in [-0.2, -0.15) is 26.3 Å². The van der Waals surface area contributed by atoms with Crippen LogP contribution in [0.3, 0.4) is 0 Å². The fraction of sp³-hybridized carbons (Fsp3) is 0.0357. The predicted octanol–water partition coefficient (Wildman–Crippen LogP) is 16.4. The fourth-order valence-electron chi connectivity index (χ4n) is 7.37. The summed E-state index contributed by atoms with van der Waals surface area (Å²) < 4.78 is 79.8. The van der Waals surface area contributed by atoms with Crippen molar-refractivity contribution in [1.29, 1.82) is 0 Å². The second-order valence-electron chi connectivity index (χ2n) is 14.8. The first kappa shape index (κ1) is 41.3. The van der Waals surface area contributed by atoms with Crippen LogP contribution in [0.15, 0.2) is 194 Å². The van der Waals surface area contributed by atoms with Gasteiger partial charge in [0.05, 0.1) is 11.1 Å². The highest BCUT2D eigenvalue weighted by atomic mass is 19.4. The molecule has 0 bridgehead atoms. The Morgan fingerprint density at radius 2 is 0.645 bits per heavy atom. The number of hydrogen-bond donors (Lipinski definition) is 0. The lowest BCUT2D eigenvalue weighted by molar-refractivity contribution is -0.138. The molecule has 62 heavy (non-hydrogen) atoms.